The Hall–Kier alpha value is -8.70. The van der Waals surface area contributed by atoms with Crippen molar-refractivity contribution in [2.75, 3.05) is 0 Å². The molecule has 4 aliphatic rings. The minimum Gasteiger partial charge on any atom is -0.310 e. The Bertz CT molecular complexity index is 4630. The lowest BCUT2D eigenvalue weighted by molar-refractivity contribution is 0.642. The number of hydrogen-bond acceptors (Lipinski definition) is 0. The van der Waals surface area contributed by atoms with Crippen LogP contribution in [0.15, 0.2) is 237 Å². The molecule has 2 nitrogen and oxygen atoms in total. The first kappa shape index (κ1) is 42.6. The average Bonchev–Trinajstić information content (AvgIpc) is 3.89. The van der Waals surface area contributed by atoms with E-state index >= 15 is 0 Å². The minimum atomic E-state index is -3.12. The monoisotopic (exact) mass is 982 g/mol. The van der Waals surface area contributed by atoms with Crippen molar-refractivity contribution in [3.8, 4) is 44.9 Å². The fourth-order valence-electron chi connectivity index (χ4n) is 15.3. The molecule has 0 fully saturated rings. The second-order valence-electron chi connectivity index (χ2n) is 23.1. The number of fused-ring (bicyclic) bond motifs is 13. The van der Waals surface area contributed by atoms with Gasteiger partial charge in [-0.25, -0.2) is 0 Å². The smallest absolute Gasteiger partial charge is 0.253 e. The Kier molecular flexibility index (Phi) is 8.29. The lowest BCUT2D eigenvalue weighted by atomic mass is 9.33. The zero-order valence-electron chi connectivity index (χ0n) is 43.0. The quantitative estimate of drug-likeness (QED) is 0.147. The molecule has 0 N–H and O–H groups in total. The van der Waals surface area contributed by atoms with Gasteiger partial charge in [-0.3, -0.25) is 0 Å². The van der Waals surface area contributed by atoms with Gasteiger partial charge in [0.1, 0.15) is 0 Å². The molecule has 1 spiro atoms. The van der Waals surface area contributed by atoms with Crippen LogP contribution >= 0.6 is 0 Å². The second kappa shape index (κ2) is 14.8. The number of rotatable bonds is 6. The summed E-state index contributed by atoms with van der Waals surface area (Å²) in [5.74, 6) is 0. The predicted octanol–water partition coefficient (Wildman–Crippen LogP) is 12.7. The fourth-order valence-corrected chi connectivity index (χ4v) is 20.9. The van der Waals surface area contributed by atoms with Crippen LogP contribution in [0.2, 0.25) is 0 Å². The lowest BCUT2D eigenvalue weighted by Crippen LogP contribution is -2.77. The molecular formula is C72H51BN2Si. The second-order valence-corrected chi connectivity index (χ2v) is 26.7. The van der Waals surface area contributed by atoms with E-state index in [9.17, 15) is 0 Å². The zero-order valence-corrected chi connectivity index (χ0v) is 44.0. The minimum absolute atomic E-state index is 0.0706. The van der Waals surface area contributed by atoms with Crippen LogP contribution in [0.25, 0.3) is 88.4 Å². The lowest BCUT2D eigenvalue weighted by Gasteiger charge is -2.43. The molecule has 0 saturated carbocycles. The number of nitrogens with zero attached hydrogens (tertiary/aromatic N) is 2. The van der Waals surface area contributed by atoms with E-state index in [2.05, 4.69) is 273 Å². The van der Waals surface area contributed by atoms with Crippen LogP contribution in [0, 0.1) is 0 Å². The van der Waals surface area contributed by atoms with Crippen LogP contribution in [-0.2, 0) is 10.8 Å². The first-order valence-electron chi connectivity index (χ1n) is 27.1. The van der Waals surface area contributed by atoms with Gasteiger partial charge in [-0.2, -0.15) is 0 Å². The summed E-state index contributed by atoms with van der Waals surface area (Å²) in [4.78, 5) is 0. The van der Waals surface area contributed by atoms with Crippen molar-refractivity contribution in [3.63, 3.8) is 0 Å². The first-order valence-corrected chi connectivity index (χ1v) is 29.1. The van der Waals surface area contributed by atoms with Gasteiger partial charge in [0, 0.05) is 49.4 Å². The highest BCUT2D eigenvalue weighted by Crippen LogP contribution is 2.49. The van der Waals surface area contributed by atoms with Crippen molar-refractivity contribution >= 4 is 95.4 Å². The predicted molar refractivity (Wildman–Crippen MR) is 324 cm³/mol. The van der Waals surface area contributed by atoms with E-state index in [1.807, 2.05) is 0 Å². The molecule has 0 atom stereocenters. The summed E-state index contributed by atoms with van der Waals surface area (Å²) in [5.41, 5.74) is 23.4. The zero-order chi connectivity index (χ0) is 50.4. The van der Waals surface area contributed by atoms with E-state index in [1.54, 1.807) is 0 Å². The van der Waals surface area contributed by atoms with Gasteiger partial charge < -0.3 is 9.13 Å². The maximum absolute atomic E-state index is 3.12. The van der Waals surface area contributed by atoms with Crippen LogP contribution in [0.4, 0.5) is 0 Å². The average molecular weight is 983 g/mol. The molecule has 11 aromatic carbocycles. The molecule has 4 aliphatic heterocycles. The SMILES string of the molecule is CC(C)(c1ccccc1)c1cc2c3c(c1)c1cc(C(C)(C)c4ccccc4)cc4c1n3-c1c(ccc3c1B2c1c2ccccc2cc2c(-c5ccccc5)c(-c5ccccc5)n-3c12)[Si]41c2ccccc2-c2ccccc21. The van der Waals surface area contributed by atoms with Gasteiger partial charge >= 0.3 is 0 Å². The van der Waals surface area contributed by atoms with Crippen LogP contribution in [0.3, 0.4) is 0 Å². The van der Waals surface area contributed by atoms with Crippen molar-refractivity contribution in [3.05, 3.63) is 259 Å². The van der Waals surface area contributed by atoms with Crippen molar-refractivity contribution in [1.82, 2.24) is 9.13 Å². The molecule has 0 saturated heterocycles. The third kappa shape index (κ3) is 5.14. The summed E-state index contributed by atoms with van der Waals surface area (Å²) in [7, 11) is -3.12. The Morgan fingerprint density at radius 1 is 0.368 bits per heavy atom. The van der Waals surface area contributed by atoms with E-state index < -0.39 is 8.07 Å². The molecule has 0 aliphatic carbocycles. The standard InChI is InChI=1S/C72H51BN2Si/c1-71(2,47-28-13-7-14-29-47)49-40-54-55-41-50(72(3,4)48-30-15-8-16-31-48)43-62-68(55)75-67(54)57(42-49)73-64-51-32-18-17-27-46(51)39-56-63(44-23-9-5-10-24-44)66(45-25-11-6-12-26-45)74(69(56)64)58-37-38-61(70(75)65(58)73)76(62)59-35-21-19-33-52(59)53-34-20-22-36-60(53)76/h5-43H,1-4H3. The Morgan fingerprint density at radius 3 is 1.55 bits per heavy atom. The summed E-state index contributed by atoms with van der Waals surface area (Å²) >= 11 is 0. The normalized spacial score (nSPS) is 14.1. The van der Waals surface area contributed by atoms with E-state index in [1.165, 1.54) is 148 Å². The van der Waals surface area contributed by atoms with Gasteiger partial charge in [0.2, 0.25) is 0 Å². The maximum Gasteiger partial charge on any atom is 0.253 e. The van der Waals surface area contributed by atoms with E-state index in [4.69, 9.17) is 0 Å². The topological polar surface area (TPSA) is 9.86 Å². The Balaban J connectivity index is 1.14. The van der Waals surface area contributed by atoms with Gasteiger partial charge in [0.25, 0.3) is 6.71 Å². The van der Waals surface area contributed by atoms with Crippen LogP contribution in [0.1, 0.15) is 49.9 Å². The molecule has 13 aromatic rings. The van der Waals surface area contributed by atoms with Crippen molar-refractivity contribution in [2.24, 2.45) is 0 Å². The van der Waals surface area contributed by atoms with Gasteiger partial charge in [0.05, 0.1) is 16.7 Å². The molecule has 4 heteroatoms. The number of aromatic nitrogens is 2. The van der Waals surface area contributed by atoms with Crippen molar-refractivity contribution in [2.45, 2.75) is 38.5 Å². The highest BCUT2D eigenvalue weighted by Gasteiger charge is 2.57. The summed E-state index contributed by atoms with van der Waals surface area (Å²) in [6, 6.07) is 91.4. The third-order valence-electron chi connectivity index (χ3n) is 18.9. The Labute approximate surface area is 444 Å². The van der Waals surface area contributed by atoms with Crippen LogP contribution < -0.4 is 37.1 Å². The van der Waals surface area contributed by atoms with Gasteiger partial charge in [-0.05, 0) is 117 Å². The van der Waals surface area contributed by atoms with E-state index in [0.717, 1.165) is 0 Å². The van der Waals surface area contributed by atoms with Gasteiger partial charge in [-0.1, -0.05) is 240 Å². The largest absolute Gasteiger partial charge is 0.310 e. The molecule has 0 radical (unpaired) electrons. The molecule has 17 rings (SSSR count). The molecule has 0 unspecified atom stereocenters. The molecule has 76 heavy (non-hydrogen) atoms. The summed E-state index contributed by atoms with van der Waals surface area (Å²) < 4.78 is 5.53. The molecule has 2 aromatic heterocycles. The highest BCUT2D eigenvalue weighted by atomic mass is 28.3. The van der Waals surface area contributed by atoms with Crippen LogP contribution in [-0.4, -0.2) is 23.9 Å². The molecule has 0 bridgehead atoms. The molecule has 6 heterocycles. The molecular weight excluding hydrogens is 932 g/mol. The summed E-state index contributed by atoms with van der Waals surface area (Å²) in [5, 5.41) is 12.6. The Morgan fingerprint density at radius 2 is 0.908 bits per heavy atom. The summed E-state index contributed by atoms with van der Waals surface area (Å²) in [6.45, 7) is 9.71. The fraction of sp³-hybridized carbons (Fsp3) is 0.0833. The van der Waals surface area contributed by atoms with Crippen molar-refractivity contribution < 1.29 is 0 Å². The van der Waals surface area contributed by atoms with Gasteiger partial charge in [-0.15, -0.1) is 0 Å². The maximum atomic E-state index is 2.82. The third-order valence-corrected chi connectivity index (χ3v) is 23.7. The van der Waals surface area contributed by atoms with Crippen molar-refractivity contribution in [1.29, 1.82) is 0 Å². The first-order chi connectivity index (χ1) is 37.3. The molecule has 356 valence electrons. The number of benzene rings is 11. The van der Waals surface area contributed by atoms with E-state index in [0.29, 0.717) is 0 Å². The highest BCUT2D eigenvalue weighted by molar-refractivity contribution is 7.24. The molecule has 0 amide bonds. The van der Waals surface area contributed by atoms with E-state index in [-0.39, 0.29) is 17.5 Å². The number of hydrogen-bond donors (Lipinski definition) is 0. The summed E-state index contributed by atoms with van der Waals surface area (Å²) in [6.07, 6.45) is 0. The van der Waals surface area contributed by atoms with Gasteiger partial charge in [0.15, 0.2) is 8.07 Å². The van der Waals surface area contributed by atoms with Crippen LogP contribution in [0.5, 0.6) is 0 Å².